The number of hydrogen-bond donors (Lipinski definition) is 2. The van der Waals surface area contributed by atoms with E-state index in [4.69, 9.17) is 0 Å². The second-order valence-electron chi connectivity index (χ2n) is 12.1. The highest BCUT2D eigenvalue weighted by molar-refractivity contribution is 5.69. The maximum absolute atomic E-state index is 12.3. The third-order valence-electron chi connectivity index (χ3n) is 8.51. The molecule has 0 saturated heterocycles. The van der Waals surface area contributed by atoms with Crippen molar-refractivity contribution in [1.82, 2.24) is 34.3 Å². The van der Waals surface area contributed by atoms with Gasteiger partial charge in [-0.25, -0.2) is 9.78 Å². The van der Waals surface area contributed by atoms with Gasteiger partial charge in [0.1, 0.15) is 0 Å². The van der Waals surface area contributed by atoms with Gasteiger partial charge in [-0.1, -0.05) is 97.1 Å². The first-order chi connectivity index (χ1) is 23.4. The van der Waals surface area contributed by atoms with Crippen LogP contribution in [0.15, 0.2) is 131 Å². The van der Waals surface area contributed by atoms with Gasteiger partial charge in [0.2, 0.25) is 0 Å². The Morgan fingerprint density at radius 1 is 0.750 bits per heavy atom. The Morgan fingerprint density at radius 3 is 2.00 bits per heavy atom. The number of nitrogens with one attached hydrogen (secondary N) is 2. The highest BCUT2D eigenvalue weighted by atomic mass is 16.2. The summed E-state index contributed by atoms with van der Waals surface area (Å²) >= 11 is 0. The van der Waals surface area contributed by atoms with Gasteiger partial charge in [-0.3, -0.25) is 18.9 Å². The Balaban J connectivity index is 0.000000188. The molecule has 0 bridgehead atoms. The maximum atomic E-state index is 12.3. The Labute approximate surface area is 282 Å². The van der Waals surface area contributed by atoms with Crippen LogP contribution >= 0.6 is 0 Å². The average Bonchev–Trinajstić information content (AvgIpc) is 3.56. The van der Waals surface area contributed by atoms with Crippen LogP contribution in [-0.4, -0.2) is 42.8 Å². The van der Waals surface area contributed by atoms with Crippen molar-refractivity contribution in [3.05, 3.63) is 165 Å². The van der Waals surface area contributed by atoms with Gasteiger partial charge in [-0.2, -0.15) is 0 Å². The van der Waals surface area contributed by atoms with Crippen molar-refractivity contribution < 1.29 is 0 Å². The minimum Gasteiger partial charge on any atom is -0.323 e. The molecular formula is C39H45N7O2. The second kappa shape index (κ2) is 17.2. The van der Waals surface area contributed by atoms with Crippen molar-refractivity contribution in [1.29, 1.82) is 0 Å². The van der Waals surface area contributed by atoms with Crippen LogP contribution < -0.4 is 21.9 Å². The SMILES string of the molecule is CC(Cc1ccccc1)NCCC(c1ccccc1)c1ccccc1.Cn1c(=O)c2c(ncn2CCNCc2cccnc2)n(C)c1=O. The standard InChI is InChI=1S/C24H27N.C15H18N6O2/c1-20(19-21-11-5-2-6-12-21)25-18-17-24(22-13-7-3-8-14-22)23-15-9-4-10-16-23;1-19-13-12(14(22)20(2)15(19)23)21(10-18-13)7-6-17-9-11-4-3-5-16-8-11/h2-16,20,24-25H,17-19H2,1H3;3-5,8,10,17H,6-7,9H2,1-2H3. The summed E-state index contributed by atoms with van der Waals surface area (Å²) in [6.45, 7) is 5.25. The minimum absolute atomic E-state index is 0.326. The van der Waals surface area contributed by atoms with Gasteiger partial charge in [-0.05, 0) is 54.6 Å². The van der Waals surface area contributed by atoms with Crippen molar-refractivity contribution in [2.24, 2.45) is 14.1 Å². The molecule has 48 heavy (non-hydrogen) atoms. The summed E-state index contributed by atoms with van der Waals surface area (Å²) in [6, 6.07) is 36.8. The van der Waals surface area contributed by atoms with Gasteiger partial charge in [0.05, 0.1) is 6.33 Å². The smallest absolute Gasteiger partial charge is 0.323 e. The molecule has 9 heteroatoms. The molecule has 3 aromatic heterocycles. The molecule has 0 spiro atoms. The van der Waals surface area contributed by atoms with Crippen LogP contribution in [0.5, 0.6) is 0 Å². The van der Waals surface area contributed by atoms with Gasteiger partial charge >= 0.3 is 5.69 Å². The van der Waals surface area contributed by atoms with E-state index in [0.717, 1.165) is 29.5 Å². The molecule has 1 atom stereocenters. The van der Waals surface area contributed by atoms with E-state index in [9.17, 15) is 9.59 Å². The van der Waals surface area contributed by atoms with Gasteiger partial charge < -0.3 is 15.2 Å². The molecular weight excluding hydrogens is 598 g/mol. The van der Waals surface area contributed by atoms with E-state index >= 15 is 0 Å². The van der Waals surface area contributed by atoms with E-state index in [1.165, 1.54) is 28.3 Å². The number of pyridine rings is 1. The molecule has 2 N–H and O–H groups in total. The quantitative estimate of drug-likeness (QED) is 0.171. The van der Waals surface area contributed by atoms with E-state index in [1.807, 2.05) is 18.3 Å². The van der Waals surface area contributed by atoms with Crippen molar-refractivity contribution in [3.8, 4) is 0 Å². The highest BCUT2D eigenvalue weighted by Crippen LogP contribution is 2.27. The van der Waals surface area contributed by atoms with Gasteiger partial charge in [0.15, 0.2) is 11.2 Å². The molecule has 0 radical (unpaired) electrons. The lowest BCUT2D eigenvalue weighted by molar-refractivity contribution is 0.520. The van der Waals surface area contributed by atoms with Crippen LogP contribution in [0, 0.1) is 0 Å². The summed E-state index contributed by atoms with van der Waals surface area (Å²) in [5.74, 6) is 0.443. The Bertz CT molecular complexity index is 1920. The van der Waals surface area contributed by atoms with Crippen LogP contribution in [0.25, 0.3) is 11.2 Å². The number of aromatic nitrogens is 5. The monoisotopic (exact) mass is 643 g/mol. The van der Waals surface area contributed by atoms with Crippen LogP contribution in [0.1, 0.15) is 41.5 Å². The lowest BCUT2D eigenvalue weighted by atomic mass is 9.88. The van der Waals surface area contributed by atoms with Crippen LogP contribution in [0.2, 0.25) is 0 Å². The summed E-state index contributed by atoms with van der Waals surface area (Å²) < 4.78 is 4.26. The first kappa shape index (κ1) is 34.2. The zero-order chi connectivity index (χ0) is 33.7. The Hall–Kier alpha value is -5.12. The van der Waals surface area contributed by atoms with E-state index < -0.39 is 0 Å². The predicted molar refractivity (Wildman–Crippen MR) is 193 cm³/mol. The molecule has 248 valence electrons. The van der Waals surface area contributed by atoms with Crippen molar-refractivity contribution in [2.45, 2.75) is 44.8 Å². The molecule has 0 aliphatic heterocycles. The molecule has 3 aromatic carbocycles. The average molecular weight is 644 g/mol. The molecule has 3 heterocycles. The zero-order valence-corrected chi connectivity index (χ0v) is 28.0. The first-order valence-corrected chi connectivity index (χ1v) is 16.5. The van der Waals surface area contributed by atoms with Gasteiger partial charge in [0, 0.05) is 58.1 Å². The molecule has 6 rings (SSSR count). The lowest BCUT2D eigenvalue weighted by Gasteiger charge is -2.20. The largest absolute Gasteiger partial charge is 0.332 e. The van der Waals surface area contributed by atoms with Gasteiger partial charge in [-0.15, -0.1) is 0 Å². The second-order valence-corrected chi connectivity index (χ2v) is 12.1. The molecule has 0 amide bonds. The molecule has 0 saturated carbocycles. The lowest BCUT2D eigenvalue weighted by Crippen LogP contribution is -2.37. The van der Waals surface area contributed by atoms with Crippen LogP contribution in [0.3, 0.4) is 0 Å². The van der Waals surface area contributed by atoms with E-state index in [-0.39, 0.29) is 11.2 Å². The number of benzene rings is 3. The van der Waals surface area contributed by atoms with E-state index in [1.54, 1.807) is 24.1 Å². The number of rotatable bonds is 13. The third kappa shape index (κ3) is 9.02. The first-order valence-electron chi connectivity index (χ1n) is 16.5. The fourth-order valence-corrected chi connectivity index (χ4v) is 5.91. The van der Waals surface area contributed by atoms with E-state index in [0.29, 0.717) is 42.8 Å². The summed E-state index contributed by atoms with van der Waals surface area (Å²) in [6.07, 6.45) is 7.32. The summed E-state index contributed by atoms with van der Waals surface area (Å²) in [5.41, 5.74) is 5.43. The summed E-state index contributed by atoms with van der Waals surface area (Å²) in [4.78, 5) is 32.4. The van der Waals surface area contributed by atoms with E-state index in [2.05, 4.69) is 119 Å². The Morgan fingerprint density at radius 2 is 1.38 bits per heavy atom. The molecule has 6 aromatic rings. The molecule has 0 fully saturated rings. The predicted octanol–water partition coefficient (Wildman–Crippen LogP) is 5.05. The number of aryl methyl sites for hydroxylation is 1. The molecule has 9 nitrogen and oxygen atoms in total. The third-order valence-corrected chi connectivity index (χ3v) is 8.51. The molecule has 1 unspecified atom stereocenters. The number of nitrogens with zero attached hydrogens (tertiary/aromatic N) is 5. The fraction of sp³-hybridized carbons (Fsp3) is 0.282. The fourth-order valence-electron chi connectivity index (χ4n) is 5.91. The van der Waals surface area contributed by atoms with Crippen molar-refractivity contribution >= 4 is 11.2 Å². The topological polar surface area (TPSA) is 98.8 Å². The summed E-state index contributed by atoms with van der Waals surface area (Å²) in [7, 11) is 3.09. The maximum Gasteiger partial charge on any atom is 0.332 e. The minimum atomic E-state index is -0.373. The van der Waals surface area contributed by atoms with Crippen molar-refractivity contribution in [2.75, 3.05) is 13.1 Å². The number of hydrogen-bond acceptors (Lipinski definition) is 6. The van der Waals surface area contributed by atoms with Crippen LogP contribution in [-0.2, 0) is 33.6 Å². The highest BCUT2D eigenvalue weighted by Gasteiger charge is 2.15. The van der Waals surface area contributed by atoms with Crippen LogP contribution in [0.4, 0.5) is 0 Å². The summed E-state index contributed by atoms with van der Waals surface area (Å²) in [5, 5.41) is 7.00. The Kier molecular flexibility index (Phi) is 12.2. The zero-order valence-electron chi connectivity index (χ0n) is 28.0. The number of imidazole rings is 1. The van der Waals surface area contributed by atoms with Crippen molar-refractivity contribution in [3.63, 3.8) is 0 Å². The molecule has 0 aliphatic rings. The number of fused-ring (bicyclic) bond motifs is 1. The normalized spacial score (nSPS) is 11.8. The molecule has 0 aliphatic carbocycles. The van der Waals surface area contributed by atoms with Gasteiger partial charge in [0.25, 0.3) is 5.56 Å².